The van der Waals surface area contributed by atoms with Crippen LogP contribution in [0.3, 0.4) is 0 Å². The van der Waals surface area contributed by atoms with Gasteiger partial charge in [0.1, 0.15) is 5.82 Å². The zero-order valence-electron chi connectivity index (χ0n) is 11.7. The van der Waals surface area contributed by atoms with Crippen molar-refractivity contribution in [3.05, 3.63) is 57.5 Å². The molecular formula is C16H20FNOS. The zero-order chi connectivity index (χ0) is 14.2. The molecule has 1 N–H and O–H groups in total. The molecule has 2 aromatic rings. The largest absolute Gasteiger partial charge is 0.371 e. The third kappa shape index (κ3) is 4.71. The molecule has 4 heteroatoms. The molecule has 0 aliphatic heterocycles. The molecule has 0 spiro atoms. The maximum Gasteiger partial charge on any atom is 0.128 e. The fourth-order valence-corrected chi connectivity index (χ4v) is 2.79. The van der Waals surface area contributed by atoms with Crippen LogP contribution in [-0.4, -0.2) is 6.54 Å². The first-order valence-corrected chi connectivity index (χ1v) is 7.70. The third-order valence-electron chi connectivity index (χ3n) is 2.90. The van der Waals surface area contributed by atoms with E-state index in [0.29, 0.717) is 18.8 Å². The smallest absolute Gasteiger partial charge is 0.128 e. The van der Waals surface area contributed by atoms with Crippen molar-refractivity contribution in [2.75, 3.05) is 6.54 Å². The Balaban J connectivity index is 1.75. The number of nitrogens with one attached hydrogen (secondary N) is 1. The van der Waals surface area contributed by atoms with E-state index in [1.54, 1.807) is 23.5 Å². The maximum absolute atomic E-state index is 13.4. The molecular weight excluding hydrogens is 273 g/mol. The summed E-state index contributed by atoms with van der Waals surface area (Å²) in [6.07, 6.45) is 1.14. The molecule has 0 bridgehead atoms. The average molecular weight is 293 g/mol. The average Bonchev–Trinajstić information content (AvgIpc) is 2.89. The quantitative estimate of drug-likeness (QED) is 0.740. The van der Waals surface area contributed by atoms with Gasteiger partial charge in [-0.15, -0.1) is 11.3 Å². The van der Waals surface area contributed by atoms with Crippen molar-refractivity contribution in [2.24, 2.45) is 0 Å². The van der Waals surface area contributed by atoms with Crippen molar-refractivity contribution in [1.82, 2.24) is 5.32 Å². The fraction of sp³-hybridized carbons (Fsp3) is 0.375. The van der Waals surface area contributed by atoms with E-state index in [-0.39, 0.29) is 5.82 Å². The van der Waals surface area contributed by atoms with E-state index in [1.807, 2.05) is 6.07 Å². The molecule has 0 radical (unpaired) electrons. The number of hydrogen-bond acceptors (Lipinski definition) is 3. The molecule has 0 amide bonds. The first-order valence-electron chi connectivity index (χ1n) is 6.89. The summed E-state index contributed by atoms with van der Waals surface area (Å²) in [5.74, 6) is -0.205. The number of rotatable bonds is 8. The van der Waals surface area contributed by atoms with Crippen LogP contribution in [0, 0.1) is 5.82 Å². The molecule has 0 aliphatic rings. The summed E-state index contributed by atoms with van der Waals surface area (Å²) in [4.78, 5) is 2.48. The number of thiophene rings is 1. The first kappa shape index (κ1) is 15.2. The summed E-state index contributed by atoms with van der Waals surface area (Å²) in [6, 6.07) is 10.9. The minimum atomic E-state index is -0.205. The van der Waals surface area contributed by atoms with Crippen LogP contribution < -0.4 is 5.32 Å². The van der Waals surface area contributed by atoms with Gasteiger partial charge in [-0.1, -0.05) is 25.1 Å². The van der Waals surface area contributed by atoms with E-state index in [2.05, 4.69) is 24.4 Å². The predicted molar refractivity (Wildman–Crippen MR) is 81.2 cm³/mol. The van der Waals surface area contributed by atoms with Gasteiger partial charge in [0.2, 0.25) is 0 Å². The summed E-state index contributed by atoms with van der Waals surface area (Å²) < 4.78 is 19.0. The number of halogens is 1. The Labute approximate surface area is 123 Å². The molecule has 2 rings (SSSR count). The van der Waals surface area contributed by atoms with Crippen molar-refractivity contribution in [3.63, 3.8) is 0 Å². The molecule has 1 aromatic heterocycles. The first-order chi connectivity index (χ1) is 9.79. The highest BCUT2D eigenvalue weighted by Gasteiger charge is 2.03. The number of ether oxygens (including phenoxy) is 1. The van der Waals surface area contributed by atoms with Crippen molar-refractivity contribution >= 4 is 11.3 Å². The predicted octanol–water partition coefficient (Wildman–Crippen LogP) is 4.10. The van der Waals surface area contributed by atoms with E-state index in [9.17, 15) is 4.39 Å². The fourth-order valence-electron chi connectivity index (χ4n) is 1.86. The lowest BCUT2D eigenvalue weighted by Crippen LogP contribution is -2.12. The molecule has 1 heterocycles. The highest BCUT2D eigenvalue weighted by atomic mass is 32.1. The SMILES string of the molecule is CCCNCc1ccc(COCc2ccccc2F)s1. The van der Waals surface area contributed by atoms with Crippen LogP contribution in [-0.2, 0) is 24.5 Å². The summed E-state index contributed by atoms with van der Waals surface area (Å²) in [5.41, 5.74) is 0.605. The second-order valence-corrected chi connectivity index (χ2v) is 5.88. The van der Waals surface area contributed by atoms with Crippen molar-refractivity contribution < 1.29 is 9.13 Å². The number of hydrogen-bond donors (Lipinski definition) is 1. The van der Waals surface area contributed by atoms with Gasteiger partial charge in [-0.2, -0.15) is 0 Å². The van der Waals surface area contributed by atoms with Crippen molar-refractivity contribution in [2.45, 2.75) is 33.1 Å². The monoisotopic (exact) mass is 293 g/mol. The van der Waals surface area contributed by atoms with Gasteiger partial charge in [-0.05, 0) is 31.2 Å². The summed E-state index contributed by atoms with van der Waals surface area (Å²) >= 11 is 1.74. The molecule has 2 nitrogen and oxygen atoms in total. The number of benzene rings is 1. The van der Waals surface area contributed by atoms with Gasteiger partial charge >= 0.3 is 0 Å². The Morgan fingerprint density at radius 3 is 2.70 bits per heavy atom. The Morgan fingerprint density at radius 2 is 1.90 bits per heavy atom. The summed E-state index contributed by atoms with van der Waals surface area (Å²) in [7, 11) is 0. The lowest BCUT2D eigenvalue weighted by molar-refractivity contribution is 0.107. The van der Waals surface area contributed by atoms with Crippen LogP contribution in [0.5, 0.6) is 0 Å². The topological polar surface area (TPSA) is 21.3 Å². The third-order valence-corrected chi connectivity index (χ3v) is 3.96. The van der Waals surface area contributed by atoms with Crippen LogP contribution in [0.4, 0.5) is 4.39 Å². The zero-order valence-corrected chi connectivity index (χ0v) is 12.5. The highest BCUT2D eigenvalue weighted by molar-refractivity contribution is 7.11. The Bertz CT molecular complexity index is 527. The van der Waals surface area contributed by atoms with Gasteiger partial charge in [0.25, 0.3) is 0 Å². The van der Waals surface area contributed by atoms with Crippen molar-refractivity contribution in [1.29, 1.82) is 0 Å². The van der Waals surface area contributed by atoms with Gasteiger partial charge in [-0.25, -0.2) is 4.39 Å². The van der Waals surface area contributed by atoms with Gasteiger partial charge in [0.05, 0.1) is 13.2 Å². The molecule has 0 unspecified atom stereocenters. The molecule has 0 fully saturated rings. The molecule has 0 aliphatic carbocycles. The minimum absolute atomic E-state index is 0.205. The van der Waals surface area contributed by atoms with Crippen LogP contribution in [0.25, 0.3) is 0 Å². The highest BCUT2D eigenvalue weighted by Crippen LogP contribution is 2.18. The molecule has 0 saturated carbocycles. The van der Waals surface area contributed by atoms with E-state index in [0.717, 1.165) is 19.5 Å². The molecule has 0 saturated heterocycles. The Kier molecular flexibility index (Phi) is 6.18. The maximum atomic E-state index is 13.4. The second kappa shape index (κ2) is 8.15. The molecule has 108 valence electrons. The van der Waals surface area contributed by atoms with E-state index in [1.165, 1.54) is 15.8 Å². The second-order valence-electron chi connectivity index (χ2n) is 4.63. The van der Waals surface area contributed by atoms with Crippen molar-refractivity contribution in [3.8, 4) is 0 Å². The standard InChI is InChI=1S/C16H20FNOS/c1-2-9-18-10-14-7-8-15(20-14)12-19-11-13-5-3-4-6-16(13)17/h3-8,18H,2,9-12H2,1H3. The molecule has 0 atom stereocenters. The van der Waals surface area contributed by atoms with Crippen LogP contribution in [0.15, 0.2) is 36.4 Å². The molecule has 1 aromatic carbocycles. The van der Waals surface area contributed by atoms with Gasteiger partial charge in [0, 0.05) is 21.9 Å². The minimum Gasteiger partial charge on any atom is -0.371 e. The van der Waals surface area contributed by atoms with E-state index < -0.39 is 0 Å². The van der Waals surface area contributed by atoms with Gasteiger partial charge < -0.3 is 10.1 Å². The Hall–Kier alpha value is -1.23. The van der Waals surface area contributed by atoms with Gasteiger partial charge in [-0.3, -0.25) is 0 Å². The lowest BCUT2D eigenvalue weighted by atomic mass is 10.2. The summed E-state index contributed by atoms with van der Waals surface area (Å²) in [5, 5.41) is 3.37. The van der Waals surface area contributed by atoms with Crippen LogP contribution in [0.2, 0.25) is 0 Å². The van der Waals surface area contributed by atoms with E-state index >= 15 is 0 Å². The van der Waals surface area contributed by atoms with Gasteiger partial charge in [0.15, 0.2) is 0 Å². The Morgan fingerprint density at radius 1 is 1.10 bits per heavy atom. The summed E-state index contributed by atoms with van der Waals surface area (Å²) in [6.45, 7) is 4.95. The van der Waals surface area contributed by atoms with E-state index in [4.69, 9.17) is 4.74 Å². The molecule has 20 heavy (non-hydrogen) atoms. The van der Waals surface area contributed by atoms with Crippen LogP contribution in [0.1, 0.15) is 28.7 Å². The van der Waals surface area contributed by atoms with Crippen LogP contribution >= 0.6 is 11.3 Å². The normalized spacial score (nSPS) is 10.9. The lowest BCUT2D eigenvalue weighted by Gasteiger charge is -2.04.